The molecule has 0 radical (unpaired) electrons. The molecule has 3 unspecified atom stereocenters. The van der Waals surface area contributed by atoms with E-state index in [0.29, 0.717) is 11.3 Å². The molecule has 1 N–H and O–H groups in total. The van der Waals surface area contributed by atoms with Crippen LogP contribution >= 0.6 is 0 Å². The molecule has 1 aliphatic rings. The van der Waals surface area contributed by atoms with Crippen LogP contribution in [0.25, 0.3) is 5.52 Å². The van der Waals surface area contributed by atoms with Gasteiger partial charge in [-0.15, -0.1) is 0 Å². The van der Waals surface area contributed by atoms with Crippen molar-refractivity contribution >= 4 is 22.1 Å². The number of anilines is 1. The normalized spacial score (nSPS) is 24.1. The van der Waals surface area contributed by atoms with E-state index in [1.807, 2.05) is 30.6 Å². The second-order valence-electron chi connectivity index (χ2n) is 5.69. The minimum atomic E-state index is -0.693. The largest absolute Gasteiger partial charge is 0.366 e. The Bertz CT molecular complexity index is 654. The molecule has 1 saturated carbocycles. The molecule has 0 bridgehead atoms. The Kier molecular flexibility index (Phi) is 4.24. The Morgan fingerprint density at radius 2 is 2.33 bits per heavy atom. The maximum atomic E-state index is 12.0. The number of nitrogens with one attached hydrogen (secondary N) is 1. The van der Waals surface area contributed by atoms with Crippen molar-refractivity contribution in [3.8, 4) is 0 Å². The maximum absolute atomic E-state index is 12.0. The molecule has 0 aliphatic heterocycles. The zero-order chi connectivity index (χ0) is 14.8. The van der Waals surface area contributed by atoms with Gasteiger partial charge < -0.3 is 5.32 Å². The topological polar surface area (TPSA) is 59.3 Å². The lowest BCUT2D eigenvalue weighted by Gasteiger charge is -2.29. The molecule has 2 aromatic rings. The van der Waals surface area contributed by atoms with Crippen LogP contribution in [0.5, 0.6) is 0 Å². The van der Waals surface area contributed by atoms with Gasteiger partial charge in [-0.25, -0.2) is 9.50 Å². The molecule has 2 heterocycles. The summed E-state index contributed by atoms with van der Waals surface area (Å²) in [5.41, 5.74) is 1.99. The molecule has 0 amide bonds. The molecule has 0 aromatic carbocycles. The Hall–Kier alpha value is -1.43. The molecule has 6 heteroatoms. The minimum absolute atomic E-state index is 0.327. The van der Waals surface area contributed by atoms with Gasteiger partial charge in [0.15, 0.2) is 5.82 Å². The first-order chi connectivity index (χ1) is 10.2. The molecule has 0 spiro atoms. The van der Waals surface area contributed by atoms with Gasteiger partial charge in [0, 0.05) is 40.2 Å². The molecule has 5 nitrogen and oxygen atoms in total. The Morgan fingerprint density at radius 3 is 3.14 bits per heavy atom. The molecule has 1 fully saturated rings. The lowest BCUT2D eigenvalue weighted by Crippen LogP contribution is -2.33. The van der Waals surface area contributed by atoms with E-state index in [1.165, 1.54) is 0 Å². The molecule has 3 rings (SSSR count). The van der Waals surface area contributed by atoms with Crippen LogP contribution in [0.3, 0.4) is 0 Å². The van der Waals surface area contributed by atoms with Crippen molar-refractivity contribution in [2.45, 2.75) is 50.8 Å². The van der Waals surface area contributed by atoms with E-state index < -0.39 is 10.8 Å². The van der Waals surface area contributed by atoms with Crippen LogP contribution in [-0.2, 0) is 10.8 Å². The van der Waals surface area contributed by atoms with Crippen LogP contribution in [0.1, 0.15) is 38.3 Å². The minimum Gasteiger partial charge on any atom is -0.366 e. The summed E-state index contributed by atoms with van der Waals surface area (Å²) in [6.45, 7) is 3.99. The van der Waals surface area contributed by atoms with Gasteiger partial charge in [0.2, 0.25) is 0 Å². The van der Waals surface area contributed by atoms with Crippen molar-refractivity contribution in [1.29, 1.82) is 0 Å². The lowest BCUT2D eigenvalue weighted by molar-refractivity contribution is 0.464. The van der Waals surface area contributed by atoms with Crippen LogP contribution in [0, 0.1) is 6.92 Å². The smallest absolute Gasteiger partial charge is 0.152 e. The van der Waals surface area contributed by atoms with Gasteiger partial charge in [-0.1, -0.05) is 13.3 Å². The summed E-state index contributed by atoms with van der Waals surface area (Å²) in [5, 5.41) is 8.28. The SMILES string of the molecule is CCS(=O)C1CCCC(Nc2nccn3nc(C)cc23)C1. The highest BCUT2D eigenvalue weighted by Crippen LogP contribution is 2.26. The first kappa shape index (κ1) is 14.5. The van der Waals surface area contributed by atoms with Crippen LogP contribution in [0.4, 0.5) is 5.82 Å². The van der Waals surface area contributed by atoms with Crippen molar-refractivity contribution in [3.05, 3.63) is 24.2 Å². The monoisotopic (exact) mass is 306 g/mol. The van der Waals surface area contributed by atoms with E-state index in [0.717, 1.165) is 48.5 Å². The number of fused-ring (bicyclic) bond motifs is 1. The fourth-order valence-corrected chi connectivity index (χ4v) is 4.45. The van der Waals surface area contributed by atoms with E-state index in [4.69, 9.17) is 0 Å². The summed E-state index contributed by atoms with van der Waals surface area (Å²) in [5.74, 6) is 1.64. The van der Waals surface area contributed by atoms with Gasteiger partial charge >= 0.3 is 0 Å². The third-order valence-corrected chi connectivity index (χ3v) is 5.88. The van der Waals surface area contributed by atoms with E-state index in [9.17, 15) is 4.21 Å². The van der Waals surface area contributed by atoms with Crippen LogP contribution < -0.4 is 5.32 Å². The quantitative estimate of drug-likeness (QED) is 0.943. The van der Waals surface area contributed by atoms with E-state index >= 15 is 0 Å². The van der Waals surface area contributed by atoms with E-state index in [1.54, 1.807) is 6.20 Å². The van der Waals surface area contributed by atoms with Crippen LogP contribution in [-0.4, -0.2) is 35.9 Å². The van der Waals surface area contributed by atoms with Gasteiger partial charge in [-0.05, 0) is 32.3 Å². The van der Waals surface area contributed by atoms with Crippen molar-refractivity contribution in [1.82, 2.24) is 14.6 Å². The number of rotatable bonds is 4. The molecule has 114 valence electrons. The molecular formula is C15H22N4OS. The van der Waals surface area contributed by atoms with Crippen molar-refractivity contribution in [2.24, 2.45) is 0 Å². The van der Waals surface area contributed by atoms with E-state index in [-0.39, 0.29) is 0 Å². The number of aromatic nitrogens is 3. The lowest BCUT2D eigenvalue weighted by atomic mass is 9.95. The summed E-state index contributed by atoms with van der Waals surface area (Å²) < 4.78 is 13.9. The van der Waals surface area contributed by atoms with Gasteiger partial charge in [-0.3, -0.25) is 4.21 Å². The van der Waals surface area contributed by atoms with Gasteiger partial charge in [0.1, 0.15) is 5.52 Å². The highest BCUT2D eigenvalue weighted by Gasteiger charge is 2.26. The molecular weight excluding hydrogens is 284 g/mol. The van der Waals surface area contributed by atoms with E-state index in [2.05, 4.69) is 15.4 Å². The number of aryl methyl sites for hydroxylation is 1. The van der Waals surface area contributed by atoms with Crippen molar-refractivity contribution < 1.29 is 4.21 Å². The summed E-state index contributed by atoms with van der Waals surface area (Å²) in [7, 11) is -0.693. The molecule has 0 saturated heterocycles. The molecule has 1 aliphatic carbocycles. The molecule has 21 heavy (non-hydrogen) atoms. The summed E-state index contributed by atoms with van der Waals surface area (Å²) in [4.78, 5) is 4.46. The van der Waals surface area contributed by atoms with Crippen molar-refractivity contribution in [3.63, 3.8) is 0 Å². The third-order valence-electron chi connectivity index (χ3n) is 4.14. The zero-order valence-corrected chi connectivity index (χ0v) is 13.4. The Morgan fingerprint density at radius 1 is 1.48 bits per heavy atom. The summed E-state index contributed by atoms with van der Waals surface area (Å²) in [6, 6.07) is 2.40. The predicted octanol–water partition coefficient (Wildman–Crippen LogP) is 2.53. The maximum Gasteiger partial charge on any atom is 0.152 e. The van der Waals surface area contributed by atoms with Gasteiger partial charge in [0.25, 0.3) is 0 Å². The highest BCUT2D eigenvalue weighted by molar-refractivity contribution is 7.85. The van der Waals surface area contributed by atoms with Crippen molar-refractivity contribution in [2.75, 3.05) is 11.1 Å². The second kappa shape index (κ2) is 6.13. The predicted molar refractivity (Wildman–Crippen MR) is 86.1 cm³/mol. The second-order valence-corrected chi connectivity index (χ2v) is 7.70. The average molecular weight is 306 g/mol. The molecule has 3 atom stereocenters. The fourth-order valence-electron chi connectivity index (χ4n) is 3.10. The van der Waals surface area contributed by atoms with Gasteiger partial charge in [-0.2, -0.15) is 5.10 Å². The summed E-state index contributed by atoms with van der Waals surface area (Å²) >= 11 is 0. The number of hydrogen-bond acceptors (Lipinski definition) is 4. The number of hydrogen-bond donors (Lipinski definition) is 1. The molecule has 2 aromatic heterocycles. The van der Waals surface area contributed by atoms with Crippen LogP contribution in [0.2, 0.25) is 0 Å². The van der Waals surface area contributed by atoms with Gasteiger partial charge in [0.05, 0.1) is 5.69 Å². The highest BCUT2D eigenvalue weighted by atomic mass is 32.2. The standard InChI is InChI=1S/C15H22N4OS/c1-3-21(20)13-6-4-5-12(10-13)17-15-14-9-11(2)18-19(14)8-7-16-15/h7-9,12-13H,3-6,10H2,1-2H3,(H,16,17). The summed E-state index contributed by atoms with van der Waals surface area (Å²) in [6.07, 6.45) is 7.94. The number of nitrogens with zero attached hydrogens (tertiary/aromatic N) is 3. The fraction of sp³-hybridized carbons (Fsp3) is 0.600. The first-order valence-corrected chi connectivity index (χ1v) is 9.00. The first-order valence-electron chi connectivity index (χ1n) is 7.62. The third kappa shape index (κ3) is 3.10. The Balaban J connectivity index is 1.77. The van der Waals surface area contributed by atoms with Crippen LogP contribution in [0.15, 0.2) is 18.5 Å². The zero-order valence-electron chi connectivity index (χ0n) is 12.6. The average Bonchev–Trinajstić information content (AvgIpc) is 2.88. The Labute approximate surface area is 127 Å².